The van der Waals surface area contributed by atoms with E-state index in [-0.39, 0.29) is 28.0 Å². The first-order valence-electron chi connectivity index (χ1n) is 9.79. The van der Waals surface area contributed by atoms with Crippen LogP contribution in [-0.4, -0.2) is 20.9 Å². The lowest BCUT2D eigenvalue weighted by Crippen LogP contribution is -2.34. The summed E-state index contributed by atoms with van der Waals surface area (Å²) in [4.78, 5) is 12.5. The van der Waals surface area contributed by atoms with Gasteiger partial charge in [-0.2, -0.15) is 13.2 Å². The number of amides is 1. The Hall–Kier alpha value is -2.85. The van der Waals surface area contributed by atoms with Crippen LogP contribution >= 0.6 is 15.9 Å². The third-order valence-electron chi connectivity index (χ3n) is 4.75. The number of hydrogen-bond acceptors (Lipinski definition) is 3. The van der Waals surface area contributed by atoms with Crippen molar-refractivity contribution < 1.29 is 26.4 Å². The zero-order chi connectivity index (χ0) is 24.2. The molecule has 174 valence electrons. The molecule has 33 heavy (non-hydrogen) atoms. The van der Waals surface area contributed by atoms with Gasteiger partial charge >= 0.3 is 6.18 Å². The summed E-state index contributed by atoms with van der Waals surface area (Å²) in [6, 6.07) is 17.9. The molecule has 3 aromatic carbocycles. The summed E-state index contributed by atoms with van der Waals surface area (Å²) in [6.45, 7) is 1.66. The maximum absolute atomic E-state index is 13.2. The lowest BCUT2D eigenvalue weighted by atomic mass is 10.2. The van der Waals surface area contributed by atoms with E-state index in [4.69, 9.17) is 0 Å². The summed E-state index contributed by atoms with van der Waals surface area (Å²) in [5.41, 5.74) is 0.348. The van der Waals surface area contributed by atoms with Crippen LogP contribution in [0.1, 0.15) is 17.5 Å². The summed E-state index contributed by atoms with van der Waals surface area (Å²) in [6.07, 6.45) is -4.86. The highest BCUT2D eigenvalue weighted by molar-refractivity contribution is 9.10. The van der Waals surface area contributed by atoms with E-state index >= 15 is 0 Å². The molecule has 0 heterocycles. The number of rotatable bonds is 7. The average molecular weight is 541 g/mol. The monoisotopic (exact) mass is 540 g/mol. The largest absolute Gasteiger partial charge is 0.417 e. The number of hydrogen-bond donors (Lipinski definition) is 1. The van der Waals surface area contributed by atoms with Gasteiger partial charge in [0.05, 0.1) is 16.1 Å². The highest BCUT2D eigenvalue weighted by atomic mass is 79.9. The number of nitrogens with one attached hydrogen (secondary N) is 1. The maximum atomic E-state index is 13.2. The molecule has 0 aromatic heterocycles. The molecule has 1 amide bonds. The van der Waals surface area contributed by atoms with Gasteiger partial charge < -0.3 is 5.32 Å². The summed E-state index contributed by atoms with van der Waals surface area (Å²) in [5, 5.41) is 2.41. The van der Waals surface area contributed by atoms with Gasteiger partial charge in [-0.05, 0) is 49.4 Å². The van der Waals surface area contributed by atoms with Crippen LogP contribution in [0.15, 0.2) is 82.2 Å². The van der Waals surface area contributed by atoms with Crippen molar-refractivity contribution in [3.8, 4) is 0 Å². The second-order valence-corrected chi connectivity index (χ2v) is 9.93. The Labute approximate surface area is 198 Å². The van der Waals surface area contributed by atoms with E-state index in [1.807, 2.05) is 6.92 Å². The molecule has 0 radical (unpaired) electrons. The van der Waals surface area contributed by atoms with Gasteiger partial charge in [-0.15, -0.1) is 0 Å². The second kappa shape index (κ2) is 9.96. The molecule has 0 aliphatic heterocycles. The molecule has 1 N–H and O–H groups in total. The van der Waals surface area contributed by atoms with Crippen molar-refractivity contribution in [2.45, 2.75) is 24.4 Å². The molecular weight excluding hydrogens is 521 g/mol. The number of aryl methyl sites for hydroxylation is 1. The zero-order valence-corrected chi connectivity index (χ0v) is 19.8. The van der Waals surface area contributed by atoms with Crippen molar-refractivity contribution in [3.63, 3.8) is 0 Å². The number of halogens is 4. The van der Waals surface area contributed by atoms with Gasteiger partial charge in [-0.3, -0.25) is 9.10 Å². The molecule has 0 saturated carbocycles. The molecule has 0 unspecified atom stereocenters. The number of alkyl halides is 3. The summed E-state index contributed by atoms with van der Waals surface area (Å²) >= 11 is 2.85. The number of carbonyl (C=O) groups is 1. The number of carbonyl (C=O) groups excluding carboxylic acids is 1. The Kier molecular flexibility index (Phi) is 7.48. The van der Waals surface area contributed by atoms with Crippen molar-refractivity contribution in [1.82, 2.24) is 0 Å². The number of anilines is 2. The highest BCUT2D eigenvalue weighted by Gasteiger charge is 2.33. The molecule has 0 aliphatic carbocycles. The van der Waals surface area contributed by atoms with Gasteiger partial charge in [0.1, 0.15) is 0 Å². The Morgan fingerprint density at radius 3 is 2.24 bits per heavy atom. The normalized spacial score (nSPS) is 11.8. The quantitative estimate of drug-likeness (QED) is 0.399. The van der Waals surface area contributed by atoms with Crippen molar-refractivity contribution in [2.24, 2.45) is 0 Å². The molecule has 3 rings (SSSR count). The van der Waals surface area contributed by atoms with Gasteiger partial charge in [0.2, 0.25) is 5.91 Å². The van der Waals surface area contributed by atoms with Gasteiger partial charge in [0, 0.05) is 23.1 Å². The summed E-state index contributed by atoms with van der Waals surface area (Å²) in [5.74, 6) is -0.620. The van der Waals surface area contributed by atoms with E-state index in [1.54, 1.807) is 42.5 Å². The van der Waals surface area contributed by atoms with E-state index in [0.29, 0.717) is 5.69 Å². The summed E-state index contributed by atoms with van der Waals surface area (Å²) < 4.78 is 66.8. The van der Waals surface area contributed by atoms with Crippen molar-refractivity contribution in [3.05, 3.63) is 88.4 Å². The summed E-state index contributed by atoms with van der Waals surface area (Å²) in [7, 11) is -3.97. The van der Waals surface area contributed by atoms with Crippen LogP contribution in [0.3, 0.4) is 0 Å². The van der Waals surface area contributed by atoms with Gasteiger partial charge in [-0.25, -0.2) is 8.42 Å². The van der Waals surface area contributed by atoms with E-state index in [2.05, 4.69) is 21.2 Å². The maximum Gasteiger partial charge on any atom is 0.417 e. The van der Waals surface area contributed by atoms with Crippen LogP contribution in [0.5, 0.6) is 0 Å². The Morgan fingerprint density at radius 2 is 1.64 bits per heavy atom. The minimum atomic E-state index is -4.59. The minimum Gasteiger partial charge on any atom is -0.326 e. The topological polar surface area (TPSA) is 66.5 Å². The van der Waals surface area contributed by atoms with Crippen molar-refractivity contribution in [1.29, 1.82) is 0 Å². The third-order valence-corrected chi connectivity index (χ3v) is 7.28. The van der Waals surface area contributed by atoms with E-state index in [0.717, 1.165) is 15.9 Å². The first-order valence-corrected chi connectivity index (χ1v) is 12.0. The number of nitrogens with zero attached hydrogens (tertiary/aromatic N) is 1. The van der Waals surface area contributed by atoms with Crippen LogP contribution in [-0.2, 0) is 21.0 Å². The van der Waals surface area contributed by atoms with Crippen LogP contribution in [0.2, 0.25) is 0 Å². The smallest absolute Gasteiger partial charge is 0.326 e. The predicted octanol–water partition coefficient (Wildman–Crippen LogP) is 6.00. The lowest BCUT2D eigenvalue weighted by Gasteiger charge is -2.24. The number of benzene rings is 3. The SMILES string of the molecule is Cc1ccc(N(CCC(=O)Nc2ccc(Br)c(C(F)(F)F)c2)S(=O)(=O)c2ccccc2)cc1. The fourth-order valence-electron chi connectivity index (χ4n) is 3.07. The lowest BCUT2D eigenvalue weighted by molar-refractivity contribution is -0.138. The number of sulfonamides is 1. The van der Waals surface area contributed by atoms with Gasteiger partial charge in [-0.1, -0.05) is 51.8 Å². The van der Waals surface area contributed by atoms with Crippen LogP contribution < -0.4 is 9.62 Å². The predicted molar refractivity (Wildman–Crippen MR) is 125 cm³/mol. The zero-order valence-electron chi connectivity index (χ0n) is 17.4. The molecule has 3 aromatic rings. The van der Waals surface area contributed by atoms with E-state index in [1.165, 1.54) is 24.3 Å². The fourth-order valence-corrected chi connectivity index (χ4v) is 5.02. The standard InChI is InChI=1S/C23H20BrF3N2O3S/c1-16-7-10-18(11-8-16)29(33(31,32)19-5-3-2-4-6-19)14-13-22(30)28-17-9-12-21(24)20(15-17)23(25,26)27/h2-12,15H,13-14H2,1H3,(H,28,30). The van der Waals surface area contributed by atoms with Crippen LogP contribution in [0.4, 0.5) is 24.5 Å². The Morgan fingerprint density at radius 1 is 1.00 bits per heavy atom. The van der Waals surface area contributed by atoms with Crippen molar-refractivity contribution >= 4 is 43.2 Å². The Balaban J connectivity index is 1.81. The Bertz CT molecular complexity index is 1230. The first-order chi connectivity index (χ1) is 15.5. The molecule has 0 atom stereocenters. The van der Waals surface area contributed by atoms with E-state index in [9.17, 15) is 26.4 Å². The van der Waals surface area contributed by atoms with Gasteiger partial charge in [0.15, 0.2) is 0 Å². The van der Waals surface area contributed by atoms with E-state index < -0.39 is 27.7 Å². The third kappa shape index (κ3) is 6.14. The fraction of sp³-hybridized carbons (Fsp3) is 0.174. The second-order valence-electron chi connectivity index (χ2n) is 7.22. The van der Waals surface area contributed by atoms with Gasteiger partial charge in [0.25, 0.3) is 10.0 Å². The molecule has 0 aliphatic rings. The van der Waals surface area contributed by atoms with Crippen LogP contribution in [0, 0.1) is 6.92 Å². The molecule has 0 fully saturated rings. The highest BCUT2D eigenvalue weighted by Crippen LogP contribution is 2.36. The molecule has 10 heteroatoms. The molecule has 0 saturated heterocycles. The van der Waals surface area contributed by atoms with Crippen molar-refractivity contribution in [2.75, 3.05) is 16.2 Å². The average Bonchev–Trinajstić information content (AvgIpc) is 2.76. The molecule has 0 spiro atoms. The molecule has 0 bridgehead atoms. The minimum absolute atomic E-state index is 0.0386. The first kappa shape index (κ1) is 24.8. The molecular formula is C23H20BrF3N2O3S. The molecule has 5 nitrogen and oxygen atoms in total. The van der Waals surface area contributed by atoms with Crippen LogP contribution in [0.25, 0.3) is 0 Å².